The van der Waals surface area contributed by atoms with Crippen molar-refractivity contribution in [1.29, 1.82) is 0 Å². The molecule has 1 heterocycles. The van der Waals surface area contributed by atoms with Crippen molar-refractivity contribution in [2.45, 2.75) is 31.6 Å². The number of benzene rings is 1. The Morgan fingerprint density at radius 2 is 1.96 bits per heavy atom. The summed E-state index contributed by atoms with van der Waals surface area (Å²) in [6.45, 7) is 5.13. The van der Waals surface area contributed by atoms with E-state index in [0.717, 1.165) is 18.4 Å². The molecular formula is C16H22N2O4S. The molecule has 0 spiro atoms. The minimum absolute atomic E-state index is 0.0320. The molecule has 7 heteroatoms. The zero-order valence-corrected chi connectivity index (χ0v) is 14.2. The molecule has 1 aliphatic rings. The van der Waals surface area contributed by atoms with E-state index in [0.29, 0.717) is 19.6 Å². The van der Waals surface area contributed by atoms with Crippen LogP contribution in [0.15, 0.2) is 34.7 Å². The number of phenolic OH excluding ortho intramolecular Hbond substituents is 1. The Morgan fingerprint density at radius 1 is 1.30 bits per heavy atom. The van der Waals surface area contributed by atoms with Crippen molar-refractivity contribution < 1.29 is 18.3 Å². The van der Waals surface area contributed by atoms with Crippen molar-refractivity contribution in [3.63, 3.8) is 0 Å². The molecular weight excluding hydrogens is 316 g/mol. The molecule has 2 rings (SSSR count). The molecule has 2 N–H and O–H groups in total. The van der Waals surface area contributed by atoms with Crippen LogP contribution in [0.25, 0.3) is 0 Å². The largest absolute Gasteiger partial charge is 0.507 e. The van der Waals surface area contributed by atoms with Crippen LogP contribution in [0.1, 0.15) is 37.0 Å². The summed E-state index contributed by atoms with van der Waals surface area (Å²) in [5, 5.41) is 12.5. The zero-order valence-electron chi connectivity index (χ0n) is 13.4. The number of carbonyl (C=O) groups excluding carboxylic acids is 1. The van der Waals surface area contributed by atoms with Gasteiger partial charge in [0.1, 0.15) is 5.75 Å². The highest BCUT2D eigenvalue weighted by Gasteiger charge is 2.28. The van der Waals surface area contributed by atoms with Gasteiger partial charge < -0.3 is 10.4 Å². The van der Waals surface area contributed by atoms with Gasteiger partial charge in [0.15, 0.2) is 0 Å². The molecule has 23 heavy (non-hydrogen) atoms. The topological polar surface area (TPSA) is 86.7 Å². The number of sulfonamides is 1. The smallest absolute Gasteiger partial charge is 0.255 e. The fourth-order valence-electron chi connectivity index (χ4n) is 2.38. The van der Waals surface area contributed by atoms with E-state index in [1.165, 1.54) is 22.5 Å². The molecule has 0 aromatic heterocycles. The maximum Gasteiger partial charge on any atom is 0.255 e. The second kappa shape index (κ2) is 7.14. The number of aromatic hydroxyl groups is 1. The van der Waals surface area contributed by atoms with Gasteiger partial charge in [-0.3, -0.25) is 4.79 Å². The summed E-state index contributed by atoms with van der Waals surface area (Å²) in [5.41, 5.74) is 1.02. The van der Waals surface area contributed by atoms with Crippen molar-refractivity contribution in [2.24, 2.45) is 0 Å². The summed E-state index contributed by atoms with van der Waals surface area (Å²) >= 11 is 0. The lowest BCUT2D eigenvalue weighted by molar-refractivity contribution is 0.0955. The van der Waals surface area contributed by atoms with Gasteiger partial charge in [-0.1, -0.05) is 11.6 Å². The second-order valence-electron chi connectivity index (χ2n) is 5.78. The summed E-state index contributed by atoms with van der Waals surface area (Å²) < 4.78 is 26.5. The number of rotatable bonds is 5. The highest BCUT2D eigenvalue weighted by Crippen LogP contribution is 2.25. The first-order valence-electron chi connectivity index (χ1n) is 7.57. The Kier molecular flexibility index (Phi) is 5.43. The number of allylic oxidation sites excluding steroid dienone is 1. The maximum atomic E-state index is 12.5. The first-order chi connectivity index (χ1) is 10.8. The van der Waals surface area contributed by atoms with Crippen molar-refractivity contribution in [3.05, 3.63) is 35.4 Å². The standard InChI is InChI=1S/C16H22N2O4S/c1-12(2)7-8-17-16(20)14-11-13(5-6-15(14)19)23(21,22)18-9-3-4-10-18/h5-7,11,19H,3-4,8-10H2,1-2H3,(H,17,20). The van der Waals surface area contributed by atoms with Crippen LogP contribution in [-0.2, 0) is 10.0 Å². The van der Waals surface area contributed by atoms with Crippen LogP contribution in [0.4, 0.5) is 0 Å². The van der Waals surface area contributed by atoms with Crippen LogP contribution < -0.4 is 5.32 Å². The molecule has 0 unspecified atom stereocenters. The third-order valence-electron chi connectivity index (χ3n) is 3.69. The van der Waals surface area contributed by atoms with E-state index < -0.39 is 15.9 Å². The summed E-state index contributed by atoms with van der Waals surface area (Å²) in [6, 6.07) is 3.81. The zero-order chi connectivity index (χ0) is 17.0. The minimum atomic E-state index is -3.62. The van der Waals surface area contributed by atoms with Gasteiger partial charge >= 0.3 is 0 Å². The van der Waals surface area contributed by atoms with Crippen LogP contribution in [0.2, 0.25) is 0 Å². The fourth-order valence-corrected chi connectivity index (χ4v) is 3.92. The lowest BCUT2D eigenvalue weighted by Crippen LogP contribution is -2.28. The van der Waals surface area contributed by atoms with Crippen LogP contribution in [0, 0.1) is 0 Å². The molecule has 0 aliphatic carbocycles. The summed E-state index contributed by atoms with van der Waals surface area (Å²) in [6.07, 6.45) is 3.51. The molecule has 0 saturated carbocycles. The van der Waals surface area contributed by atoms with Crippen molar-refractivity contribution in [2.75, 3.05) is 19.6 Å². The van der Waals surface area contributed by atoms with Gasteiger partial charge in [-0.15, -0.1) is 0 Å². The summed E-state index contributed by atoms with van der Waals surface area (Å²) in [4.78, 5) is 12.2. The van der Waals surface area contributed by atoms with Crippen molar-refractivity contribution >= 4 is 15.9 Å². The number of hydrogen-bond donors (Lipinski definition) is 2. The van der Waals surface area contributed by atoms with Gasteiger partial charge in [0.25, 0.3) is 5.91 Å². The summed E-state index contributed by atoms with van der Waals surface area (Å²) in [7, 11) is -3.62. The Balaban J connectivity index is 2.25. The third kappa shape index (κ3) is 4.11. The summed E-state index contributed by atoms with van der Waals surface area (Å²) in [5.74, 6) is -0.737. The number of hydrogen-bond acceptors (Lipinski definition) is 4. The van der Waals surface area contributed by atoms with Crippen molar-refractivity contribution in [1.82, 2.24) is 9.62 Å². The van der Waals surface area contributed by atoms with E-state index in [1.807, 2.05) is 19.9 Å². The number of phenols is 1. The second-order valence-corrected chi connectivity index (χ2v) is 7.72. The first kappa shape index (κ1) is 17.5. The van der Waals surface area contributed by atoms with Gasteiger partial charge in [0.05, 0.1) is 10.5 Å². The monoisotopic (exact) mass is 338 g/mol. The van der Waals surface area contributed by atoms with Crippen LogP contribution in [0.3, 0.4) is 0 Å². The number of amides is 1. The van der Waals surface area contributed by atoms with Gasteiger partial charge in [-0.05, 0) is 44.9 Å². The molecule has 0 radical (unpaired) electrons. The predicted octanol–water partition coefficient (Wildman–Crippen LogP) is 1.87. The molecule has 1 fully saturated rings. The van der Waals surface area contributed by atoms with Crippen LogP contribution in [0.5, 0.6) is 5.75 Å². The Morgan fingerprint density at radius 3 is 2.57 bits per heavy atom. The average Bonchev–Trinajstić information content (AvgIpc) is 3.01. The van der Waals surface area contributed by atoms with Gasteiger partial charge in [0.2, 0.25) is 10.0 Å². The fraction of sp³-hybridized carbons (Fsp3) is 0.438. The van der Waals surface area contributed by atoms with E-state index in [2.05, 4.69) is 5.32 Å². The predicted molar refractivity (Wildman–Crippen MR) is 87.9 cm³/mol. The third-order valence-corrected chi connectivity index (χ3v) is 5.58. The molecule has 1 saturated heterocycles. The normalized spacial score (nSPS) is 15.4. The van der Waals surface area contributed by atoms with Crippen molar-refractivity contribution in [3.8, 4) is 5.75 Å². The maximum absolute atomic E-state index is 12.5. The molecule has 1 aromatic rings. The highest BCUT2D eigenvalue weighted by atomic mass is 32.2. The highest BCUT2D eigenvalue weighted by molar-refractivity contribution is 7.89. The minimum Gasteiger partial charge on any atom is -0.507 e. The van der Waals surface area contributed by atoms with E-state index >= 15 is 0 Å². The molecule has 1 aromatic carbocycles. The number of nitrogens with one attached hydrogen (secondary N) is 1. The van der Waals surface area contributed by atoms with Crippen LogP contribution in [-0.4, -0.2) is 43.4 Å². The molecule has 1 amide bonds. The number of nitrogens with zero attached hydrogens (tertiary/aromatic N) is 1. The van der Waals surface area contributed by atoms with Crippen LogP contribution >= 0.6 is 0 Å². The quantitative estimate of drug-likeness (QED) is 0.803. The van der Waals surface area contributed by atoms with E-state index in [9.17, 15) is 18.3 Å². The lowest BCUT2D eigenvalue weighted by Gasteiger charge is -2.16. The van der Waals surface area contributed by atoms with Gasteiger partial charge in [-0.2, -0.15) is 4.31 Å². The Labute approximate surface area is 136 Å². The number of carbonyl (C=O) groups is 1. The van der Waals surface area contributed by atoms with Gasteiger partial charge in [0, 0.05) is 19.6 Å². The van der Waals surface area contributed by atoms with E-state index in [-0.39, 0.29) is 16.2 Å². The Bertz CT molecular complexity index is 716. The lowest BCUT2D eigenvalue weighted by atomic mass is 10.2. The van der Waals surface area contributed by atoms with E-state index in [1.54, 1.807) is 0 Å². The molecule has 0 atom stereocenters. The Hall–Kier alpha value is -1.86. The molecule has 0 bridgehead atoms. The molecule has 6 nitrogen and oxygen atoms in total. The first-order valence-corrected chi connectivity index (χ1v) is 9.01. The average molecular weight is 338 g/mol. The SMILES string of the molecule is CC(C)=CCNC(=O)c1cc(S(=O)(=O)N2CCCC2)ccc1O. The van der Waals surface area contributed by atoms with E-state index in [4.69, 9.17) is 0 Å². The van der Waals surface area contributed by atoms with Gasteiger partial charge in [-0.25, -0.2) is 8.42 Å². The molecule has 126 valence electrons. The molecule has 1 aliphatic heterocycles.